The molecule has 2 aromatic rings. The second-order valence-corrected chi connectivity index (χ2v) is 7.47. The van der Waals surface area contributed by atoms with Gasteiger partial charge in [0, 0.05) is 45.1 Å². The number of amides is 1. The molecule has 1 N–H and O–H groups in total. The van der Waals surface area contributed by atoms with Crippen LogP contribution in [0.2, 0.25) is 0 Å². The Morgan fingerprint density at radius 3 is 2.54 bits per heavy atom. The third-order valence-corrected chi connectivity index (χ3v) is 5.29. The average molecular weight is 357 g/mol. The Balaban J connectivity index is 1.50. The number of aryl methyl sites for hydroxylation is 1. The summed E-state index contributed by atoms with van der Waals surface area (Å²) in [5, 5.41) is 7.20. The first kappa shape index (κ1) is 18.2. The molecule has 26 heavy (non-hydrogen) atoms. The molecule has 0 atom stereocenters. The maximum Gasteiger partial charge on any atom is 0.268 e. The Morgan fingerprint density at radius 1 is 1.27 bits per heavy atom. The molecule has 3 rings (SSSR count). The van der Waals surface area contributed by atoms with Crippen molar-refractivity contribution in [3.63, 3.8) is 0 Å². The van der Waals surface area contributed by atoms with Crippen molar-refractivity contribution in [2.75, 3.05) is 24.5 Å². The molecule has 0 bridgehead atoms. The highest BCUT2D eigenvalue weighted by molar-refractivity contribution is 5.83. The first-order valence-electron chi connectivity index (χ1n) is 9.08. The Morgan fingerprint density at radius 2 is 1.92 bits per heavy atom. The zero-order valence-electron chi connectivity index (χ0n) is 15.7. The summed E-state index contributed by atoms with van der Waals surface area (Å²) < 4.78 is 3.26. The topological polar surface area (TPSA) is 72.2 Å². The van der Waals surface area contributed by atoms with Gasteiger partial charge >= 0.3 is 0 Å². The van der Waals surface area contributed by atoms with E-state index in [-0.39, 0.29) is 11.5 Å². The molecule has 2 aromatic heterocycles. The van der Waals surface area contributed by atoms with E-state index in [4.69, 9.17) is 0 Å². The molecule has 0 saturated carbocycles. The number of aromatic nitrogens is 3. The van der Waals surface area contributed by atoms with Crippen LogP contribution in [0.1, 0.15) is 26.7 Å². The lowest BCUT2D eigenvalue weighted by molar-refractivity contribution is -0.128. The average Bonchev–Trinajstić information content (AvgIpc) is 3.18. The van der Waals surface area contributed by atoms with Crippen LogP contribution in [0.3, 0.4) is 0 Å². The molecule has 7 heteroatoms. The number of carbonyl (C=O) groups excluding carboxylic acids is 1. The summed E-state index contributed by atoms with van der Waals surface area (Å²) in [6, 6.07) is 5.49. The fourth-order valence-electron chi connectivity index (χ4n) is 3.31. The monoisotopic (exact) mass is 357 g/mol. The van der Waals surface area contributed by atoms with Crippen molar-refractivity contribution in [2.24, 2.45) is 13.0 Å². The maximum atomic E-state index is 12.6. The molecule has 140 valence electrons. The van der Waals surface area contributed by atoms with Gasteiger partial charge < -0.3 is 14.8 Å². The van der Waals surface area contributed by atoms with Gasteiger partial charge in [0.25, 0.3) is 5.56 Å². The van der Waals surface area contributed by atoms with Crippen LogP contribution < -0.4 is 15.8 Å². The number of hydrogen-bond acceptors (Lipinski definition) is 4. The maximum absolute atomic E-state index is 12.6. The largest absolute Gasteiger partial charge is 0.370 e. The summed E-state index contributed by atoms with van der Waals surface area (Å²) in [6.07, 6.45) is 7.54. The first-order valence-corrected chi connectivity index (χ1v) is 9.08. The van der Waals surface area contributed by atoms with Gasteiger partial charge in [-0.1, -0.05) is 0 Å². The molecule has 0 unspecified atom stereocenters. The van der Waals surface area contributed by atoms with Crippen molar-refractivity contribution >= 4 is 11.6 Å². The number of hydrogen-bond donors (Lipinski definition) is 1. The van der Waals surface area contributed by atoms with Crippen molar-refractivity contribution in [3.05, 3.63) is 47.1 Å². The van der Waals surface area contributed by atoms with E-state index in [1.807, 2.05) is 42.9 Å². The van der Waals surface area contributed by atoms with E-state index in [1.165, 1.54) is 4.68 Å². The lowest BCUT2D eigenvalue weighted by Gasteiger charge is -2.34. The molecule has 7 nitrogen and oxygen atoms in total. The van der Waals surface area contributed by atoms with Gasteiger partial charge in [-0.2, -0.15) is 5.10 Å². The molecule has 0 radical (unpaired) electrons. The molecule has 0 aromatic carbocycles. The van der Waals surface area contributed by atoms with E-state index in [2.05, 4.69) is 15.3 Å². The Bertz CT molecular complexity index is 802. The minimum Gasteiger partial charge on any atom is -0.370 e. The van der Waals surface area contributed by atoms with Gasteiger partial charge in [-0.15, -0.1) is 0 Å². The van der Waals surface area contributed by atoms with Crippen LogP contribution in [0.15, 0.2) is 41.6 Å². The summed E-state index contributed by atoms with van der Waals surface area (Å²) in [7, 11) is 1.65. The molecule has 3 heterocycles. The third-order valence-electron chi connectivity index (χ3n) is 5.29. The number of nitrogens with zero attached hydrogens (tertiary/aromatic N) is 4. The first-order chi connectivity index (χ1) is 12.4. The highest BCUT2D eigenvalue weighted by atomic mass is 16.2. The van der Waals surface area contributed by atoms with E-state index in [0.717, 1.165) is 31.6 Å². The van der Waals surface area contributed by atoms with Gasteiger partial charge in [-0.3, -0.25) is 9.59 Å². The molecule has 1 amide bonds. The van der Waals surface area contributed by atoms with E-state index in [9.17, 15) is 9.59 Å². The SMILES string of the molecule is Cn1ncc(N2CCC(CNC(=O)C(C)(C)n3cccc3)CC2)cc1=O. The summed E-state index contributed by atoms with van der Waals surface area (Å²) in [6.45, 7) is 6.28. The number of piperidine rings is 1. The summed E-state index contributed by atoms with van der Waals surface area (Å²) in [4.78, 5) is 26.5. The Kier molecular flexibility index (Phi) is 5.15. The van der Waals surface area contributed by atoms with E-state index < -0.39 is 5.54 Å². The Labute approximate surface area is 153 Å². The minimum atomic E-state index is -0.597. The number of nitrogens with one attached hydrogen (secondary N) is 1. The summed E-state index contributed by atoms with van der Waals surface area (Å²) in [5.41, 5.74) is 0.188. The highest BCUT2D eigenvalue weighted by Crippen LogP contribution is 2.22. The van der Waals surface area contributed by atoms with Crippen LogP contribution >= 0.6 is 0 Å². The normalized spacial score (nSPS) is 15.9. The second kappa shape index (κ2) is 7.35. The lowest BCUT2D eigenvalue weighted by Crippen LogP contribution is -2.46. The van der Waals surface area contributed by atoms with Gasteiger partial charge in [-0.25, -0.2) is 4.68 Å². The van der Waals surface area contributed by atoms with Gasteiger partial charge in [0.2, 0.25) is 5.91 Å². The number of rotatable bonds is 5. The molecule has 1 aliphatic heterocycles. The molecule has 1 saturated heterocycles. The molecular weight excluding hydrogens is 330 g/mol. The van der Waals surface area contributed by atoms with Crippen LogP contribution in [0, 0.1) is 5.92 Å². The van der Waals surface area contributed by atoms with E-state index in [0.29, 0.717) is 12.5 Å². The zero-order chi connectivity index (χ0) is 18.7. The van der Waals surface area contributed by atoms with Crippen LogP contribution in [-0.4, -0.2) is 39.9 Å². The van der Waals surface area contributed by atoms with E-state index in [1.54, 1.807) is 19.3 Å². The number of carbonyl (C=O) groups is 1. The Hall–Kier alpha value is -2.57. The third kappa shape index (κ3) is 3.81. The van der Waals surface area contributed by atoms with Gasteiger partial charge in [0.05, 0.1) is 11.9 Å². The molecule has 1 aliphatic rings. The minimum absolute atomic E-state index is 0.0342. The smallest absolute Gasteiger partial charge is 0.268 e. The molecule has 0 spiro atoms. The van der Waals surface area contributed by atoms with Crippen LogP contribution in [0.5, 0.6) is 0 Å². The van der Waals surface area contributed by atoms with Gasteiger partial charge in [0.15, 0.2) is 0 Å². The molecule has 0 aliphatic carbocycles. The zero-order valence-corrected chi connectivity index (χ0v) is 15.7. The van der Waals surface area contributed by atoms with Crippen molar-refractivity contribution in [1.82, 2.24) is 19.7 Å². The van der Waals surface area contributed by atoms with E-state index >= 15 is 0 Å². The van der Waals surface area contributed by atoms with Gasteiger partial charge in [0.1, 0.15) is 5.54 Å². The molecule has 1 fully saturated rings. The summed E-state index contributed by atoms with van der Waals surface area (Å²) in [5.74, 6) is 0.488. The van der Waals surface area contributed by atoms with Crippen molar-refractivity contribution in [3.8, 4) is 0 Å². The number of anilines is 1. The van der Waals surface area contributed by atoms with Crippen LogP contribution in [-0.2, 0) is 17.4 Å². The van der Waals surface area contributed by atoms with Gasteiger partial charge in [-0.05, 0) is 44.7 Å². The fraction of sp³-hybridized carbons (Fsp3) is 0.526. The standard InChI is InChI=1S/C19H27N5O2/c1-19(2,24-8-4-5-9-24)18(26)20-13-15-6-10-23(11-7-15)16-12-17(25)22(3)21-14-16/h4-5,8-9,12,14-15H,6-7,10-11,13H2,1-3H3,(H,20,26). The quantitative estimate of drug-likeness (QED) is 0.877. The lowest BCUT2D eigenvalue weighted by atomic mass is 9.95. The fourth-order valence-corrected chi connectivity index (χ4v) is 3.31. The van der Waals surface area contributed by atoms with Crippen molar-refractivity contribution in [2.45, 2.75) is 32.2 Å². The predicted octanol–water partition coefficient (Wildman–Crippen LogP) is 1.35. The second-order valence-electron chi connectivity index (χ2n) is 7.47. The van der Waals surface area contributed by atoms with Crippen LogP contribution in [0.25, 0.3) is 0 Å². The van der Waals surface area contributed by atoms with Crippen molar-refractivity contribution < 1.29 is 4.79 Å². The summed E-state index contributed by atoms with van der Waals surface area (Å²) >= 11 is 0. The predicted molar refractivity (Wildman–Crippen MR) is 101 cm³/mol. The molecular formula is C19H27N5O2. The van der Waals surface area contributed by atoms with Crippen LogP contribution in [0.4, 0.5) is 5.69 Å². The van der Waals surface area contributed by atoms with Crippen molar-refractivity contribution in [1.29, 1.82) is 0 Å². The highest BCUT2D eigenvalue weighted by Gasteiger charge is 2.29.